The normalized spacial score (nSPS) is 9.47. The van der Waals surface area contributed by atoms with Crippen molar-refractivity contribution in [2.75, 3.05) is 12.4 Å². The Kier molecular flexibility index (Phi) is 3.17. The Balaban J connectivity index is 2.93. The number of non-ortho nitro benzene ring substituents is 1. The topological polar surface area (TPSA) is 84.3 Å². The van der Waals surface area contributed by atoms with Gasteiger partial charge in [0.25, 0.3) is 5.69 Å². The van der Waals surface area contributed by atoms with E-state index in [0.29, 0.717) is 0 Å². The van der Waals surface area contributed by atoms with Crippen molar-refractivity contribution in [1.29, 1.82) is 0 Å². The third-order valence-electron chi connectivity index (χ3n) is 1.64. The average molecular weight is 213 g/mol. The van der Waals surface area contributed by atoms with Crippen LogP contribution < -0.4 is 10.6 Å². The van der Waals surface area contributed by atoms with Crippen LogP contribution in [-0.2, 0) is 0 Å². The monoisotopic (exact) mass is 213 g/mol. The van der Waals surface area contributed by atoms with Crippen molar-refractivity contribution in [1.82, 2.24) is 5.32 Å². The van der Waals surface area contributed by atoms with Crippen molar-refractivity contribution < 1.29 is 14.1 Å². The third kappa shape index (κ3) is 2.63. The molecule has 80 valence electrons. The Bertz CT molecular complexity index is 408. The van der Waals surface area contributed by atoms with Crippen molar-refractivity contribution in [2.24, 2.45) is 0 Å². The van der Waals surface area contributed by atoms with Gasteiger partial charge in [-0.15, -0.1) is 0 Å². The van der Waals surface area contributed by atoms with Crippen LogP contribution in [0.3, 0.4) is 0 Å². The van der Waals surface area contributed by atoms with Crippen LogP contribution in [0.15, 0.2) is 18.2 Å². The van der Waals surface area contributed by atoms with Crippen LogP contribution in [0.1, 0.15) is 0 Å². The fourth-order valence-corrected chi connectivity index (χ4v) is 0.904. The maximum Gasteiger partial charge on any atom is 0.319 e. The molecule has 0 bridgehead atoms. The second-order valence-corrected chi connectivity index (χ2v) is 2.63. The molecule has 0 aliphatic carbocycles. The molecule has 2 N–H and O–H groups in total. The Morgan fingerprint density at radius 1 is 1.53 bits per heavy atom. The van der Waals surface area contributed by atoms with E-state index in [9.17, 15) is 19.3 Å². The predicted molar refractivity (Wildman–Crippen MR) is 51.1 cm³/mol. The van der Waals surface area contributed by atoms with Gasteiger partial charge >= 0.3 is 6.03 Å². The van der Waals surface area contributed by atoms with Crippen molar-refractivity contribution in [3.05, 3.63) is 34.1 Å². The first-order chi connectivity index (χ1) is 7.04. The highest BCUT2D eigenvalue weighted by Gasteiger charge is 2.11. The van der Waals surface area contributed by atoms with E-state index in [1.54, 1.807) is 0 Å². The molecule has 0 atom stereocenters. The van der Waals surface area contributed by atoms with Gasteiger partial charge in [0, 0.05) is 13.1 Å². The lowest BCUT2D eigenvalue weighted by atomic mass is 10.2. The lowest BCUT2D eigenvalue weighted by molar-refractivity contribution is -0.385. The minimum Gasteiger partial charge on any atom is -0.341 e. The van der Waals surface area contributed by atoms with Crippen LogP contribution >= 0.6 is 0 Å². The molecular weight excluding hydrogens is 205 g/mol. The van der Waals surface area contributed by atoms with E-state index in [0.717, 1.165) is 18.2 Å². The number of amides is 2. The standard InChI is InChI=1S/C8H8FN3O3/c1-10-8(13)11-7-3-2-5(12(14)15)4-6(7)9/h2-4H,1H3,(H2,10,11,13). The molecule has 1 aromatic rings. The first-order valence-electron chi connectivity index (χ1n) is 3.97. The summed E-state index contributed by atoms with van der Waals surface area (Å²) >= 11 is 0. The van der Waals surface area contributed by atoms with E-state index >= 15 is 0 Å². The fourth-order valence-electron chi connectivity index (χ4n) is 0.904. The van der Waals surface area contributed by atoms with Gasteiger partial charge in [0.05, 0.1) is 16.7 Å². The van der Waals surface area contributed by atoms with Gasteiger partial charge in [-0.25, -0.2) is 9.18 Å². The summed E-state index contributed by atoms with van der Waals surface area (Å²) in [6, 6.07) is 2.38. The molecule has 15 heavy (non-hydrogen) atoms. The molecule has 6 nitrogen and oxygen atoms in total. The van der Waals surface area contributed by atoms with Gasteiger partial charge in [0.1, 0.15) is 0 Å². The fraction of sp³-hybridized carbons (Fsp3) is 0.125. The zero-order valence-corrected chi connectivity index (χ0v) is 7.78. The van der Waals surface area contributed by atoms with E-state index in [1.807, 2.05) is 0 Å². The SMILES string of the molecule is CNC(=O)Nc1ccc([N+](=O)[O-])cc1F. The summed E-state index contributed by atoms with van der Waals surface area (Å²) in [6.07, 6.45) is 0. The number of nitrogens with one attached hydrogen (secondary N) is 2. The van der Waals surface area contributed by atoms with E-state index < -0.39 is 16.8 Å². The molecule has 0 radical (unpaired) electrons. The van der Waals surface area contributed by atoms with Crippen molar-refractivity contribution in [3.63, 3.8) is 0 Å². The number of hydrogen-bond acceptors (Lipinski definition) is 3. The van der Waals surface area contributed by atoms with Gasteiger partial charge in [-0.2, -0.15) is 0 Å². The van der Waals surface area contributed by atoms with Crippen molar-refractivity contribution in [3.8, 4) is 0 Å². The van der Waals surface area contributed by atoms with E-state index in [2.05, 4.69) is 10.6 Å². The summed E-state index contributed by atoms with van der Waals surface area (Å²) in [5, 5.41) is 14.7. The smallest absolute Gasteiger partial charge is 0.319 e. The number of urea groups is 1. The summed E-state index contributed by atoms with van der Waals surface area (Å²) < 4.78 is 13.2. The lowest BCUT2D eigenvalue weighted by Crippen LogP contribution is -2.24. The number of hydrogen-bond donors (Lipinski definition) is 2. The predicted octanol–water partition coefficient (Wildman–Crippen LogP) is 1.49. The van der Waals surface area contributed by atoms with E-state index in [-0.39, 0.29) is 11.4 Å². The molecule has 1 rings (SSSR count). The van der Waals surface area contributed by atoms with Crippen LogP contribution in [0.25, 0.3) is 0 Å². The molecule has 1 aromatic carbocycles. The van der Waals surface area contributed by atoms with Gasteiger partial charge in [-0.3, -0.25) is 10.1 Å². The summed E-state index contributed by atoms with van der Waals surface area (Å²) in [5.74, 6) is -0.854. The molecule has 0 saturated carbocycles. The number of carbonyl (C=O) groups excluding carboxylic acids is 1. The second kappa shape index (κ2) is 4.36. The summed E-state index contributed by atoms with van der Waals surface area (Å²) in [7, 11) is 1.37. The maximum atomic E-state index is 13.2. The highest BCUT2D eigenvalue weighted by atomic mass is 19.1. The quantitative estimate of drug-likeness (QED) is 0.576. The molecule has 2 amide bonds. The van der Waals surface area contributed by atoms with Crippen LogP contribution in [0.4, 0.5) is 20.6 Å². The first kappa shape index (κ1) is 10.9. The van der Waals surface area contributed by atoms with Gasteiger partial charge < -0.3 is 10.6 Å². The minimum absolute atomic E-state index is 0.111. The molecule has 0 aliphatic rings. The number of nitro benzene ring substituents is 1. The van der Waals surface area contributed by atoms with Crippen LogP contribution in [-0.4, -0.2) is 18.0 Å². The van der Waals surface area contributed by atoms with Gasteiger partial charge in [-0.05, 0) is 6.07 Å². The number of nitro groups is 1. The van der Waals surface area contributed by atoms with Gasteiger partial charge in [0.15, 0.2) is 5.82 Å². The molecule has 0 aliphatic heterocycles. The van der Waals surface area contributed by atoms with Crippen molar-refractivity contribution >= 4 is 17.4 Å². The first-order valence-corrected chi connectivity index (χ1v) is 3.97. The van der Waals surface area contributed by atoms with E-state index in [1.165, 1.54) is 7.05 Å². The number of halogens is 1. The average Bonchev–Trinajstić information content (AvgIpc) is 2.20. The summed E-state index contributed by atoms with van der Waals surface area (Å²) in [6.45, 7) is 0. The van der Waals surface area contributed by atoms with Crippen LogP contribution in [0.2, 0.25) is 0 Å². The Labute approximate surface area is 84.2 Å². The van der Waals surface area contributed by atoms with Crippen LogP contribution in [0, 0.1) is 15.9 Å². The summed E-state index contributed by atoms with van der Waals surface area (Å²) in [5.41, 5.74) is -0.477. The Hall–Kier alpha value is -2.18. The number of rotatable bonds is 2. The lowest BCUT2D eigenvalue weighted by Gasteiger charge is -2.04. The molecule has 0 unspecified atom stereocenters. The minimum atomic E-state index is -0.854. The van der Waals surface area contributed by atoms with Gasteiger partial charge in [-0.1, -0.05) is 0 Å². The largest absolute Gasteiger partial charge is 0.341 e. The number of carbonyl (C=O) groups is 1. The molecule has 0 fully saturated rings. The third-order valence-corrected chi connectivity index (χ3v) is 1.64. The Morgan fingerprint density at radius 2 is 2.20 bits per heavy atom. The highest BCUT2D eigenvalue weighted by Crippen LogP contribution is 2.20. The molecule has 7 heteroatoms. The molecular formula is C8H8FN3O3. The highest BCUT2D eigenvalue weighted by molar-refractivity contribution is 5.89. The molecule has 0 spiro atoms. The molecule has 0 heterocycles. The van der Waals surface area contributed by atoms with Crippen molar-refractivity contribution in [2.45, 2.75) is 0 Å². The zero-order valence-electron chi connectivity index (χ0n) is 7.78. The number of benzene rings is 1. The second-order valence-electron chi connectivity index (χ2n) is 2.63. The zero-order chi connectivity index (χ0) is 11.4. The number of nitrogens with zero attached hydrogens (tertiary/aromatic N) is 1. The molecule has 0 aromatic heterocycles. The maximum absolute atomic E-state index is 13.2. The van der Waals surface area contributed by atoms with Crippen LogP contribution in [0.5, 0.6) is 0 Å². The summed E-state index contributed by atoms with van der Waals surface area (Å²) in [4.78, 5) is 20.4. The Morgan fingerprint density at radius 3 is 2.67 bits per heavy atom. The number of anilines is 1. The van der Waals surface area contributed by atoms with E-state index in [4.69, 9.17) is 0 Å². The van der Waals surface area contributed by atoms with Gasteiger partial charge in [0.2, 0.25) is 0 Å². The molecule has 0 saturated heterocycles.